The largest absolute Gasteiger partial charge is 0.493 e. The molecule has 1 heterocycles. The third-order valence-electron chi connectivity index (χ3n) is 4.83. The van der Waals surface area contributed by atoms with Crippen LogP contribution in [0.2, 0.25) is 0 Å². The Kier molecular flexibility index (Phi) is 7.95. The van der Waals surface area contributed by atoms with Crippen molar-refractivity contribution in [3.8, 4) is 5.75 Å². The summed E-state index contributed by atoms with van der Waals surface area (Å²) in [5, 5.41) is 3.41. The number of benzene rings is 1. The fraction of sp³-hybridized carbons (Fsp3) is 0.619. The Bertz CT molecular complexity index is 628. The smallest absolute Gasteiger partial charge is 0.310 e. The summed E-state index contributed by atoms with van der Waals surface area (Å²) in [5.41, 5.74) is 1.25. The molecule has 2 unspecified atom stereocenters. The number of aliphatic imine (C=N–C) groups is 1. The lowest BCUT2D eigenvalue weighted by Gasteiger charge is -2.21. The van der Waals surface area contributed by atoms with Gasteiger partial charge in [0.05, 0.1) is 19.6 Å². The van der Waals surface area contributed by atoms with Gasteiger partial charge in [0.15, 0.2) is 5.96 Å². The fourth-order valence-electron chi connectivity index (χ4n) is 3.26. The molecule has 0 aromatic heterocycles. The molecule has 6 heteroatoms. The first-order valence-corrected chi connectivity index (χ1v) is 9.69. The van der Waals surface area contributed by atoms with Crippen LogP contribution in [-0.4, -0.2) is 57.2 Å². The molecule has 6 nitrogen and oxygen atoms in total. The van der Waals surface area contributed by atoms with Gasteiger partial charge in [-0.25, -0.2) is 0 Å². The van der Waals surface area contributed by atoms with Crippen molar-refractivity contribution in [1.82, 2.24) is 10.2 Å². The number of carbonyl (C=O) groups is 1. The molecule has 1 aliphatic rings. The van der Waals surface area contributed by atoms with Gasteiger partial charge in [0.2, 0.25) is 0 Å². The van der Waals surface area contributed by atoms with E-state index in [0.29, 0.717) is 12.5 Å². The molecule has 0 aliphatic carbocycles. The predicted octanol–water partition coefficient (Wildman–Crippen LogP) is 2.58. The second kappa shape index (κ2) is 10.2. The summed E-state index contributed by atoms with van der Waals surface area (Å²) < 4.78 is 10.6. The number of nitrogens with one attached hydrogen (secondary N) is 1. The summed E-state index contributed by atoms with van der Waals surface area (Å²) in [4.78, 5) is 18.4. The van der Waals surface area contributed by atoms with Crippen LogP contribution in [0.1, 0.15) is 26.3 Å². The van der Waals surface area contributed by atoms with Gasteiger partial charge in [0.25, 0.3) is 0 Å². The summed E-state index contributed by atoms with van der Waals surface area (Å²) >= 11 is 0. The van der Waals surface area contributed by atoms with Crippen LogP contribution >= 0.6 is 0 Å². The van der Waals surface area contributed by atoms with Crippen LogP contribution in [0.4, 0.5) is 0 Å². The first kappa shape index (κ1) is 21.1. The second-order valence-corrected chi connectivity index (χ2v) is 7.58. The molecule has 1 aliphatic heterocycles. The van der Waals surface area contributed by atoms with Gasteiger partial charge in [-0.2, -0.15) is 0 Å². The lowest BCUT2D eigenvalue weighted by Crippen LogP contribution is -2.41. The average Bonchev–Trinajstić information content (AvgIpc) is 3.05. The number of likely N-dealkylation sites (tertiary alicyclic amines) is 1. The topological polar surface area (TPSA) is 63.2 Å². The first-order chi connectivity index (χ1) is 12.9. The van der Waals surface area contributed by atoms with Crippen molar-refractivity contribution in [3.05, 3.63) is 29.8 Å². The van der Waals surface area contributed by atoms with E-state index in [4.69, 9.17) is 9.47 Å². The lowest BCUT2D eigenvalue weighted by molar-refractivity contribution is -0.145. The molecule has 0 saturated carbocycles. The van der Waals surface area contributed by atoms with Crippen LogP contribution in [-0.2, 0) is 16.0 Å². The van der Waals surface area contributed by atoms with Crippen LogP contribution in [0.3, 0.4) is 0 Å². The highest BCUT2D eigenvalue weighted by Gasteiger charge is 2.36. The maximum Gasteiger partial charge on any atom is 0.310 e. The van der Waals surface area contributed by atoms with Crippen LogP contribution < -0.4 is 10.1 Å². The standard InChI is InChI=1S/C21H33N3O3/c1-15(2)14-27-18-8-6-17(7-9-18)10-11-23-21(22-4)24-12-16(3)19(13-24)20(25)26-5/h6-9,15-16,19H,10-14H2,1-5H3,(H,22,23). The number of nitrogens with zero attached hydrogens (tertiary/aromatic N) is 2. The molecule has 150 valence electrons. The number of hydrogen-bond donors (Lipinski definition) is 1. The second-order valence-electron chi connectivity index (χ2n) is 7.58. The van der Waals surface area contributed by atoms with Gasteiger partial charge in [0, 0.05) is 26.7 Å². The zero-order valence-corrected chi connectivity index (χ0v) is 17.2. The van der Waals surface area contributed by atoms with Crippen LogP contribution in [0.25, 0.3) is 0 Å². The van der Waals surface area contributed by atoms with Crippen molar-refractivity contribution in [1.29, 1.82) is 0 Å². The van der Waals surface area contributed by atoms with Crippen molar-refractivity contribution < 1.29 is 14.3 Å². The molecular weight excluding hydrogens is 342 g/mol. The van der Waals surface area contributed by atoms with Crippen molar-refractivity contribution in [2.45, 2.75) is 27.2 Å². The summed E-state index contributed by atoms with van der Waals surface area (Å²) in [6, 6.07) is 8.25. The molecule has 0 spiro atoms. The zero-order chi connectivity index (χ0) is 19.8. The van der Waals surface area contributed by atoms with Gasteiger partial charge >= 0.3 is 5.97 Å². The van der Waals surface area contributed by atoms with E-state index in [-0.39, 0.29) is 17.8 Å². The minimum absolute atomic E-state index is 0.0908. The molecule has 1 fully saturated rings. The Morgan fingerprint density at radius 3 is 2.59 bits per heavy atom. The van der Waals surface area contributed by atoms with E-state index in [9.17, 15) is 4.79 Å². The maximum atomic E-state index is 11.9. The van der Waals surface area contributed by atoms with Gasteiger partial charge in [0.1, 0.15) is 5.75 Å². The molecule has 2 rings (SSSR count). The first-order valence-electron chi connectivity index (χ1n) is 9.69. The van der Waals surface area contributed by atoms with Gasteiger partial charge in [-0.1, -0.05) is 32.9 Å². The average molecular weight is 376 g/mol. The SMILES string of the molecule is CN=C(NCCc1ccc(OCC(C)C)cc1)N1CC(C)C(C(=O)OC)C1. The Morgan fingerprint density at radius 1 is 1.30 bits per heavy atom. The Labute approximate surface area is 162 Å². The molecule has 1 aromatic rings. The molecule has 1 aromatic carbocycles. The number of esters is 1. The van der Waals surface area contributed by atoms with Crippen molar-refractivity contribution >= 4 is 11.9 Å². The number of rotatable bonds is 7. The highest BCUT2D eigenvalue weighted by atomic mass is 16.5. The van der Waals surface area contributed by atoms with Gasteiger partial charge < -0.3 is 19.7 Å². The maximum absolute atomic E-state index is 11.9. The summed E-state index contributed by atoms with van der Waals surface area (Å²) in [6.45, 7) is 9.34. The Balaban J connectivity index is 1.80. The quantitative estimate of drug-likeness (QED) is 0.451. The molecule has 27 heavy (non-hydrogen) atoms. The number of methoxy groups -OCH3 is 1. The minimum atomic E-state index is -0.139. The summed E-state index contributed by atoms with van der Waals surface area (Å²) in [5.74, 6) is 2.30. The van der Waals surface area contributed by atoms with Crippen molar-refractivity contribution in [3.63, 3.8) is 0 Å². The summed E-state index contributed by atoms with van der Waals surface area (Å²) in [7, 11) is 3.23. The van der Waals surface area contributed by atoms with E-state index >= 15 is 0 Å². The van der Waals surface area contributed by atoms with E-state index < -0.39 is 0 Å². The van der Waals surface area contributed by atoms with E-state index in [0.717, 1.165) is 37.8 Å². The minimum Gasteiger partial charge on any atom is -0.493 e. The van der Waals surface area contributed by atoms with Gasteiger partial charge in [-0.3, -0.25) is 9.79 Å². The molecule has 0 radical (unpaired) electrons. The molecule has 1 saturated heterocycles. The molecule has 2 atom stereocenters. The Morgan fingerprint density at radius 2 is 2.00 bits per heavy atom. The Hall–Kier alpha value is -2.24. The van der Waals surface area contributed by atoms with Crippen LogP contribution in [0.5, 0.6) is 5.75 Å². The van der Waals surface area contributed by atoms with Crippen molar-refractivity contribution in [2.24, 2.45) is 22.7 Å². The third-order valence-corrected chi connectivity index (χ3v) is 4.83. The van der Waals surface area contributed by atoms with E-state index in [2.05, 4.69) is 48.1 Å². The third kappa shape index (κ3) is 6.15. The fourth-order valence-corrected chi connectivity index (χ4v) is 3.26. The van der Waals surface area contributed by atoms with Crippen LogP contribution in [0, 0.1) is 17.8 Å². The van der Waals surface area contributed by atoms with Gasteiger partial charge in [-0.05, 0) is 36.0 Å². The monoisotopic (exact) mass is 375 g/mol. The number of ether oxygens (including phenoxy) is 2. The van der Waals surface area contributed by atoms with Gasteiger partial charge in [-0.15, -0.1) is 0 Å². The molecule has 0 bridgehead atoms. The summed E-state index contributed by atoms with van der Waals surface area (Å²) in [6.07, 6.45) is 0.896. The number of guanidine groups is 1. The molecule has 1 N–H and O–H groups in total. The zero-order valence-electron chi connectivity index (χ0n) is 17.2. The highest BCUT2D eigenvalue weighted by molar-refractivity contribution is 5.82. The normalized spacial score (nSPS) is 20.1. The van der Waals surface area contributed by atoms with Crippen LogP contribution in [0.15, 0.2) is 29.3 Å². The van der Waals surface area contributed by atoms with Crippen molar-refractivity contribution in [2.75, 3.05) is 40.4 Å². The predicted molar refractivity (Wildman–Crippen MR) is 108 cm³/mol. The molecular formula is C21H33N3O3. The lowest BCUT2D eigenvalue weighted by atomic mass is 9.99. The number of hydrogen-bond acceptors (Lipinski definition) is 4. The highest BCUT2D eigenvalue weighted by Crippen LogP contribution is 2.24. The number of carbonyl (C=O) groups excluding carboxylic acids is 1. The van der Waals surface area contributed by atoms with E-state index in [1.807, 2.05) is 12.1 Å². The molecule has 0 amide bonds. The van der Waals surface area contributed by atoms with E-state index in [1.165, 1.54) is 12.7 Å². The van der Waals surface area contributed by atoms with E-state index in [1.54, 1.807) is 7.05 Å².